The molecule has 1 fully saturated rings. The van der Waals surface area contributed by atoms with Crippen LogP contribution in [0.2, 0.25) is 0 Å². The summed E-state index contributed by atoms with van der Waals surface area (Å²) >= 11 is 0. The van der Waals surface area contributed by atoms with Gasteiger partial charge in [0.1, 0.15) is 5.75 Å². The molecule has 1 aromatic rings. The van der Waals surface area contributed by atoms with E-state index in [0.717, 1.165) is 6.54 Å². The maximum Gasteiger partial charge on any atom is 0.164 e. The van der Waals surface area contributed by atoms with Gasteiger partial charge in [-0.3, -0.25) is 4.79 Å². The standard InChI is InChI=1S/C18H28N2O2/c1-3-22-18-10-9-14(13-16(18)19)17(21)11-12-20(2)15-7-5-4-6-8-15/h9-10,13,15H,3-8,11-12,19H2,1-2H3. The van der Waals surface area contributed by atoms with Crippen molar-refractivity contribution in [3.05, 3.63) is 23.8 Å². The predicted molar refractivity (Wildman–Crippen MR) is 90.5 cm³/mol. The third-order valence-electron chi connectivity index (χ3n) is 4.52. The van der Waals surface area contributed by atoms with Gasteiger partial charge in [-0.15, -0.1) is 0 Å². The highest BCUT2D eigenvalue weighted by Crippen LogP contribution is 2.24. The minimum atomic E-state index is 0.150. The smallest absolute Gasteiger partial charge is 0.164 e. The first-order valence-corrected chi connectivity index (χ1v) is 8.37. The minimum Gasteiger partial charge on any atom is -0.492 e. The zero-order chi connectivity index (χ0) is 15.9. The van der Waals surface area contributed by atoms with E-state index in [1.807, 2.05) is 13.0 Å². The van der Waals surface area contributed by atoms with E-state index in [-0.39, 0.29) is 5.78 Å². The van der Waals surface area contributed by atoms with Crippen LogP contribution < -0.4 is 10.5 Å². The second-order valence-corrected chi connectivity index (χ2v) is 6.13. The predicted octanol–water partition coefficient (Wildman–Crippen LogP) is 3.50. The first kappa shape index (κ1) is 16.8. The van der Waals surface area contributed by atoms with Crippen LogP contribution in [0.4, 0.5) is 5.69 Å². The van der Waals surface area contributed by atoms with Crippen molar-refractivity contribution in [1.29, 1.82) is 0 Å². The summed E-state index contributed by atoms with van der Waals surface area (Å²) in [5.74, 6) is 0.802. The number of nitrogen functional groups attached to an aromatic ring is 1. The molecule has 22 heavy (non-hydrogen) atoms. The van der Waals surface area contributed by atoms with Gasteiger partial charge in [0.2, 0.25) is 0 Å². The average molecular weight is 304 g/mol. The maximum absolute atomic E-state index is 12.3. The topological polar surface area (TPSA) is 55.6 Å². The third-order valence-corrected chi connectivity index (χ3v) is 4.52. The van der Waals surface area contributed by atoms with Crippen LogP contribution in [-0.2, 0) is 0 Å². The average Bonchev–Trinajstić information content (AvgIpc) is 2.55. The molecule has 1 aliphatic rings. The quantitative estimate of drug-likeness (QED) is 0.619. The molecule has 0 unspecified atom stereocenters. The summed E-state index contributed by atoms with van der Waals surface area (Å²) < 4.78 is 5.40. The lowest BCUT2D eigenvalue weighted by Crippen LogP contribution is -2.34. The van der Waals surface area contributed by atoms with Crippen molar-refractivity contribution in [2.75, 3.05) is 25.9 Å². The molecule has 0 bridgehead atoms. The molecule has 122 valence electrons. The monoisotopic (exact) mass is 304 g/mol. The summed E-state index contributed by atoms with van der Waals surface area (Å²) in [6.07, 6.45) is 7.06. The van der Waals surface area contributed by atoms with Gasteiger partial charge in [-0.1, -0.05) is 19.3 Å². The number of Topliss-reactive ketones (excluding diaryl/α,β-unsaturated/α-hetero) is 1. The van der Waals surface area contributed by atoms with Gasteiger partial charge in [-0.25, -0.2) is 0 Å². The summed E-state index contributed by atoms with van der Waals surface area (Å²) in [5, 5.41) is 0. The van der Waals surface area contributed by atoms with Gasteiger partial charge in [-0.2, -0.15) is 0 Å². The Balaban J connectivity index is 1.87. The second-order valence-electron chi connectivity index (χ2n) is 6.13. The largest absolute Gasteiger partial charge is 0.492 e. The van der Waals surface area contributed by atoms with Gasteiger partial charge in [0.05, 0.1) is 12.3 Å². The normalized spacial score (nSPS) is 16.0. The highest BCUT2D eigenvalue weighted by Gasteiger charge is 2.18. The molecule has 0 atom stereocenters. The molecule has 1 aromatic carbocycles. The molecule has 0 aromatic heterocycles. The summed E-state index contributed by atoms with van der Waals surface area (Å²) in [6.45, 7) is 3.31. The summed E-state index contributed by atoms with van der Waals surface area (Å²) in [6, 6.07) is 5.97. The third kappa shape index (κ3) is 4.47. The number of hydrogen-bond donors (Lipinski definition) is 1. The van der Waals surface area contributed by atoms with Crippen molar-refractivity contribution >= 4 is 11.5 Å². The lowest BCUT2D eigenvalue weighted by Gasteiger charge is -2.30. The minimum absolute atomic E-state index is 0.150. The van der Waals surface area contributed by atoms with Crippen molar-refractivity contribution in [3.8, 4) is 5.75 Å². The molecule has 2 N–H and O–H groups in total. The van der Waals surface area contributed by atoms with Crippen LogP contribution in [0.25, 0.3) is 0 Å². The Labute approximate surface area is 133 Å². The van der Waals surface area contributed by atoms with Crippen LogP contribution in [-0.4, -0.2) is 36.9 Å². The molecule has 4 nitrogen and oxygen atoms in total. The Morgan fingerprint density at radius 2 is 2.05 bits per heavy atom. The zero-order valence-corrected chi connectivity index (χ0v) is 13.8. The summed E-state index contributed by atoms with van der Waals surface area (Å²) in [7, 11) is 2.13. The number of rotatable bonds is 7. The lowest BCUT2D eigenvalue weighted by molar-refractivity contribution is 0.0952. The van der Waals surface area contributed by atoms with E-state index in [0.29, 0.717) is 36.1 Å². The lowest BCUT2D eigenvalue weighted by atomic mass is 9.94. The molecule has 0 saturated heterocycles. The van der Waals surface area contributed by atoms with E-state index in [2.05, 4.69) is 11.9 Å². The Bertz CT molecular complexity index is 496. The molecule has 0 amide bonds. The molecule has 0 heterocycles. The molecule has 1 saturated carbocycles. The number of carbonyl (C=O) groups excluding carboxylic acids is 1. The van der Waals surface area contributed by atoms with Gasteiger partial charge in [0.25, 0.3) is 0 Å². The van der Waals surface area contributed by atoms with Crippen molar-refractivity contribution in [1.82, 2.24) is 4.90 Å². The van der Waals surface area contributed by atoms with E-state index >= 15 is 0 Å². The second kappa shape index (κ2) is 8.18. The Hall–Kier alpha value is -1.55. The van der Waals surface area contributed by atoms with Gasteiger partial charge in [-0.05, 0) is 45.0 Å². The highest BCUT2D eigenvalue weighted by molar-refractivity contribution is 5.97. The van der Waals surface area contributed by atoms with E-state index in [1.54, 1.807) is 12.1 Å². The molecule has 1 aliphatic carbocycles. The van der Waals surface area contributed by atoms with Crippen molar-refractivity contribution < 1.29 is 9.53 Å². The number of nitrogens with two attached hydrogens (primary N) is 1. The Morgan fingerprint density at radius 3 is 2.68 bits per heavy atom. The van der Waals surface area contributed by atoms with Crippen LogP contribution in [0.1, 0.15) is 55.8 Å². The van der Waals surface area contributed by atoms with Crippen molar-refractivity contribution in [2.24, 2.45) is 0 Å². The fourth-order valence-corrected chi connectivity index (χ4v) is 3.14. The number of ketones is 1. The van der Waals surface area contributed by atoms with Gasteiger partial charge in [0.15, 0.2) is 5.78 Å². The van der Waals surface area contributed by atoms with Crippen molar-refractivity contribution in [3.63, 3.8) is 0 Å². The molecule has 0 aliphatic heterocycles. The van der Waals surface area contributed by atoms with E-state index in [1.165, 1.54) is 32.1 Å². The number of nitrogens with zero attached hydrogens (tertiary/aromatic N) is 1. The molecule has 0 spiro atoms. The number of carbonyl (C=O) groups is 1. The molecular weight excluding hydrogens is 276 g/mol. The van der Waals surface area contributed by atoms with Crippen LogP contribution in [0.3, 0.4) is 0 Å². The molecule has 2 rings (SSSR count). The zero-order valence-electron chi connectivity index (χ0n) is 13.8. The van der Waals surface area contributed by atoms with Gasteiger partial charge < -0.3 is 15.4 Å². The Morgan fingerprint density at radius 1 is 1.32 bits per heavy atom. The summed E-state index contributed by atoms with van der Waals surface area (Å²) in [5.41, 5.74) is 7.14. The summed E-state index contributed by atoms with van der Waals surface area (Å²) in [4.78, 5) is 14.7. The van der Waals surface area contributed by atoms with Crippen LogP contribution in [0.15, 0.2) is 18.2 Å². The van der Waals surface area contributed by atoms with Crippen LogP contribution >= 0.6 is 0 Å². The van der Waals surface area contributed by atoms with Gasteiger partial charge in [0, 0.05) is 24.6 Å². The van der Waals surface area contributed by atoms with Crippen LogP contribution in [0, 0.1) is 0 Å². The first-order valence-electron chi connectivity index (χ1n) is 8.37. The van der Waals surface area contributed by atoms with Crippen LogP contribution in [0.5, 0.6) is 5.75 Å². The number of anilines is 1. The number of benzene rings is 1. The first-order chi connectivity index (χ1) is 10.6. The molecule has 0 radical (unpaired) electrons. The van der Waals surface area contributed by atoms with E-state index in [9.17, 15) is 4.79 Å². The Kier molecular flexibility index (Phi) is 6.25. The van der Waals surface area contributed by atoms with Gasteiger partial charge >= 0.3 is 0 Å². The fraction of sp³-hybridized carbons (Fsp3) is 0.611. The highest BCUT2D eigenvalue weighted by atomic mass is 16.5. The van der Waals surface area contributed by atoms with E-state index < -0.39 is 0 Å². The SMILES string of the molecule is CCOc1ccc(C(=O)CCN(C)C2CCCCC2)cc1N. The molecule has 4 heteroatoms. The molecular formula is C18H28N2O2. The maximum atomic E-state index is 12.3. The number of ether oxygens (including phenoxy) is 1. The number of hydrogen-bond acceptors (Lipinski definition) is 4. The van der Waals surface area contributed by atoms with Crippen molar-refractivity contribution in [2.45, 2.75) is 51.5 Å². The van der Waals surface area contributed by atoms with E-state index in [4.69, 9.17) is 10.5 Å². The fourth-order valence-electron chi connectivity index (χ4n) is 3.14.